The smallest absolute Gasteiger partial charge is 0.137 e. The first-order valence-electron chi connectivity index (χ1n) is 3.15. The largest absolute Gasteiger partial charge is 0.497 e. The summed E-state index contributed by atoms with van der Waals surface area (Å²) in [6, 6.07) is 5.27. The van der Waals surface area contributed by atoms with Crippen LogP contribution in [0.2, 0.25) is 5.02 Å². The van der Waals surface area contributed by atoms with Crippen LogP contribution in [-0.4, -0.2) is 14.2 Å². The maximum atomic E-state index is 5.80. The lowest BCUT2D eigenvalue weighted by molar-refractivity contribution is 0.403. The Morgan fingerprint density at radius 3 is 2.25 bits per heavy atom. The molecule has 0 saturated carbocycles. The van der Waals surface area contributed by atoms with Gasteiger partial charge in [0.05, 0.1) is 19.2 Å². The first-order chi connectivity index (χ1) is 5.27. The minimum atomic E-state index is 0. The summed E-state index contributed by atoms with van der Waals surface area (Å²) in [5.41, 5.74) is 0. The van der Waals surface area contributed by atoms with E-state index in [4.69, 9.17) is 21.1 Å². The van der Waals surface area contributed by atoms with E-state index >= 15 is 0 Å². The molecule has 0 fully saturated rings. The molecule has 0 radical (unpaired) electrons. The molecular formula is C9H13ClO2. The Balaban J connectivity index is 0.00000121. The zero-order valence-electron chi connectivity index (χ0n) is 6.43. The highest BCUT2D eigenvalue weighted by atomic mass is 35.5. The molecule has 0 saturated heterocycles. The fourth-order valence-corrected chi connectivity index (χ4v) is 1.02. The summed E-state index contributed by atoms with van der Waals surface area (Å²) in [5, 5.41) is 0.562. The number of halogens is 1. The van der Waals surface area contributed by atoms with Crippen LogP contribution < -0.4 is 9.47 Å². The minimum Gasteiger partial charge on any atom is -0.497 e. The molecule has 1 aromatic rings. The van der Waals surface area contributed by atoms with Crippen molar-refractivity contribution in [3.63, 3.8) is 0 Å². The molecule has 0 atom stereocenters. The molecule has 2 nitrogen and oxygen atoms in total. The quantitative estimate of drug-likeness (QED) is 0.711. The van der Waals surface area contributed by atoms with E-state index < -0.39 is 0 Å². The highest BCUT2D eigenvalue weighted by molar-refractivity contribution is 6.32. The topological polar surface area (TPSA) is 18.5 Å². The molecule has 0 bridgehead atoms. The molecule has 0 aliphatic carbocycles. The van der Waals surface area contributed by atoms with Gasteiger partial charge in [-0.25, -0.2) is 0 Å². The van der Waals surface area contributed by atoms with Crippen molar-refractivity contribution in [1.82, 2.24) is 0 Å². The van der Waals surface area contributed by atoms with Crippen LogP contribution in [0.5, 0.6) is 11.5 Å². The first-order valence-corrected chi connectivity index (χ1v) is 3.53. The number of hydrogen-bond acceptors (Lipinski definition) is 2. The normalized spacial score (nSPS) is 8.58. The summed E-state index contributed by atoms with van der Waals surface area (Å²) in [5.74, 6) is 1.39. The van der Waals surface area contributed by atoms with Crippen molar-refractivity contribution in [1.29, 1.82) is 0 Å². The Hall–Kier alpha value is -0.890. The molecule has 0 amide bonds. The summed E-state index contributed by atoms with van der Waals surface area (Å²) < 4.78 is 9.91. The SMILES string of the molecule is C.COc1ccc(OC)c(Cl)c1. The third-order valence-corrected chi connectivity index (χ3v) is 1.65. The van der Waals surface area contributed by atoms with Crippen LogP contribution in [0.25, 0.3) is 0 Å². The summed E-state index contributed by atoms with van der Waals surface area (Å²) >= 11 is 5.80. The lowest BCUT2D eigenvalue weighted by Gasteiger charge is -2.04. The molecule has 3 heteroatoms. The molecular weight excluding hydrogens is 176 g/mol. The zero-order chi connectivity index (χ0) is 8.27. The van der Waals surface area contributed by atoms with Gasteiger partial charge in [-0.2, -0.15) is 0 Å². The van der Waals surface area contributed by atoms with Gasteiger partial charge >= 0.3 is 0 Å². The van der Waals surface area contributed by atoms with E-state index in [2.05, 4.69) is 0 Å². The van der Waals surface area contributed by atoms with Crippen LogP contribution in [0.3, 0.4) is 0 Å². The average molecular weight is 189 g/mol. The van der Waals surface area contributed by atoms with Crippen molar-refractivity contribution in [2.45, 2.75) is 7.43 Å². The molecule has 0 heterocycles. The Morgan fingerprint density at radius 1 is 1.17 bits per heavy atom. The highest BCUT2D eigenvalue weighted by Gasteiger charge is 2.00. The molecule has 12 heavy (non-hydrogen) atoms. The van der Waals surface area contributed by atoms with E-state index in [9.17, 15) is 0 Å². The second-order valence-electron chi connectivity index (χ2n) is 2.00. The van der Waals surface area contributed by atoms with Gasteiger partial charge < -0.3 is 9.47 Å². The predicted molar refractivity (Wildman–Crippen MR) is 51.3 cm³/mol. The van der Waals surface area contributed by atoms with E-state index in [1.165, 1.54) is 0 Å². The van der Waals surface area contributed by atoms with E-state index in [1.807, 2.05) is 0 Å². The van der Waals surface area contributed by atoms with Gasteiger partial charge in [0.15, 0.2) is 0 Å². The van der Waals surface area contributed by atoms with E-state index in [-0.39, 0.29) is 7.43 Å². The van der Waals surface area contributed by atoms with Gasteiger partial charge in [-0.05, 0) is 12.1 Å². The highest BCUT2D eigenvalue weighted by Crippen LogP contribution is 2.27. The monoisotopic (exact) mass is 188 g/mol. The molecule has 0 N–H and O–H groups in total. The summed E-state index contributed by atoms with van der Waals surface area (Å²) in [4.78, 5) is 0. The first kappa shape index (κ1) is 11.1. The number of ether oxygens (including phenoxy) is 2. The Labute approximate surface area is 78.1 Å². The number of benzene rings is 1. The standard InChI is InChI=1S/C8H9ClO2.CH4/c1-10-6-3-4-8(11-2)7(9)5-6;/h3-5H,1-2H3;1H4. The Bertz CT molecular complexity index is 248. The average Bonchev–Trinajstić information content (AvgIpc) is 2.04. The van der Waals surface area contributed by atoms with Crippen LogP contribution >= 0.6 is 11.6 Å². The van der Waals surface area contributed by atoms with Crippen molar-refractivity contribution in [2.24, 2.45) is 0 Å². The van der Waals surface area contributed by atoms with Crippen LogP contribution in [-0.2, 0) is 0 Å². The van der Waals surface area contributed by atoms with Crippen molar-refractivity contribution in [2.75, 3.05) is 14.2 Å². The van der Waals surface area contributed by atoms with Crippen molar-refractivity contribution >= 4 is 11.6 Å². The molecule has 0 spiro atoms. The third-order valence-electron chi connectivity index (χ3n) is 1.36. The van der Waals surface area contributed by atoms with Crippen molar-refractivity contribution < 1.29 is 9.47 Å². The molecule has 1 aromatic carbocycles. The maximum absolute atomic E-state index is 5.80. The molecule has 0 aliphatic heterocycles. The predicted octanol–water partition coefficient (Wildman–Crippen LogP) is 2.99. The van der Waals surface area contributed by atoms with Crippen LogP contribution in [0, 0.1) is 0 Å². The van der Waals surface area contributed by atoms with Crippen molar-refractivity contribution in [3.05, 3.63) is 23.2 Å². The Morgan fingerprint density at radius 2 is 1.83 bits per heavy atom. The van der Waals surface area contributed by atoms with E-state index in [0.717, 1.165) is 5.75 Å². The summed E-state index contributed by atoms with van der Waals surface area (Å²) in [6.45, 7) is 0. The van der Waals surface area contributed by atoms with E-state index in [1.54, 1.807) is 32.4 Å². The number of hydrogen-bond donors (Lipinski definition) is 0. The molecule has 0 unspecified atom stereocenters. The Kier molecular flexibility index (Phi) is 4.52. The third kappa shape index (κ3) is 2.31. The summed E-state index contributed by atoms with van der Waals surface area (Å²) in [6.07, 6.45) is 0. The van der Waals surface area contributed by atoms with Crippen molar-refractivity contribution in [3.8, 4) is 11.5 Å². The van der Waals surface area contributed by atoms with Gasteiger partial charge in [0.1, 0.15) is 11.5 Å². The van der Waals surface area contributed by atoms with Gasteiger partial charge in [0.2, 0.25) is 0 Å². The molecule has 0 aromatic heterocycles. The number of methoxy groups -OCH3 is 2. The second-order valence-corrected chi connectivity index (χ2v) is 2.41. The van der Waals surface area contributed by atoms with Gasteiger partial charge in [-0.1, -0.05) is 19.0 Å². The summed E-state index contributed by atoms with van der Waals surface area (Å²) in [7, 11) is 3.17. The van der Waals surface area contributed by atoms with Gasteiger partial charge in [0.25, 0.3) is 0 Å². The lowest BCUT2D eigenvalue weighted by Crippen LogP contribution is -1.86. The van der Waals surface area contributed by atoms with Crippen LogP contribution in [0.4, 0.5) is 0 Å². The fourth-order valence-electron chi connectivity index (χ4n) is 0.774. The van der Waals surface area contributed by atoms with Gasteiger partial charge in [-0.15, -0.1) is 0 Å². The molecule has 1 rings (SSSR count). The van der Waals surface area contributed by atoms with Crippen LogP contribution in [0.15, 0.2) is 18.2 Å². The fraction of sp³-hybridized carbons (Fsp3) is 0.333. The van der Waals surface area contributed by atoms with E-state index in [0.29, 0.717) is 10.8 Å². The lowest BCUT2D eigenvalue weighted by atomic mass is 10.3. The minimum absolute atomic E-state index is 0. The molecule has 68 valence electrons. The number of rotatable bonds is 2. The maximum Gasteiger partial charge on any atom is 0.137 e. The van der Waals surface area contributed by atoms with Gasteiger partial charge in [-0.3, -0.25) is 0 Å². The van der Waals surface area contributed by atoms with Crippen LogP contribution in [0.1, 0.15) is 7.43 Å². The second kappa shape index (κ2) is 4.88. The van der Waals surface area contributed by atoms with Gasteiger partial charge in [0, 0.05) is 6.07 Å². The molecule has 0 aliphatic rings. The zero-order valence-corrected chi connectivity index (χ0v) is 7.18.